The molecule has 0 aromatic heterocycles. The molecule has 0 amide bonds. The fraction of sp³-hybridized carbons (Fsp3) is 0.357. The number of carbonyl (C=O) groups is 1. The van der Waals surface area contributed by atoms with E-state index in [0.717, 1.165) is 5.56 Å². The van der Waals surface area contributed by atoms with Crippen molar-refractivity contribution >= 4 is 32.7 Å². The minimum atomic E-state index is -3.06. The first-order chi connectivity index (χ1) is 9.59. The summed E-state index contributed by atoms with van der Waals surface area (Å²) in [6.45, 7) is 4.18. The molecule has 1 aromatic carbocycles. The van der Waals surface area contributed by atoms with Crippen molar-refractivity contribution in [1.29, 1.82) is 0 Å². The zero-order valence-corrected chi connectivity index (χ0v) is 14.3. The molecule has 4 nitrogen and oxygen atoms in total. The molecular weight excluding hydrogens is 342 g/mol. The van der Waals surface area contributed by atoms with E-state index in [0.29, 0.717) is 13.2 Å². The summed E-state index contributed by atoms with van der Waals surface area (Å²) in [6, 6.07) is 9.57. The number of ketones is 1. The van der Waals surface area contributed by atoms with Gasteiger partial charge in [-0.25, -0.2) is 0 Å². The van der Waals surface area contributed by atoms with E-state index in [2.05, 4.69) is 0 Å². The van der Waals surface area contributed by atoms with Crippen LogP contribution in [0, 0.1) is 0 Å². The summed E-state index contributed by atoms with van der Waals surface area (Å²) < 4.78 is 22.5. The predicted molar refractivity (Wildman–Crippen MR) is 81.9 cm³/mol. The maximum absolute atomic E-state index is 12.2. The zero-order valence-electron chi connectivity index (χ0n) is 11.7. The van der Waals surface area contributed by atoms with Crippen molar-refractivity contribution in [3.8, 4) is 0 Å². The Morgan fingerprint density at radius 3 is 2.35 bits per heavy atom. The third-order valence-corrected chi connectivity index (χ3v) is 8.52. The van der Waals surface area contributed by atoms with Gasteiger partial charge < -0.3 is 0 Å². The normalized spacial score (nSPS) is 11.9. The van der Waals surface area contributed by atoms with Crippen LogP contribution in [0.2, 0.25) is 5.32 Å². The Morgan fingerprint density at radius 2 is 1.80 bits per heavy atom. The summed E-state index contributed by atoms with van der Waals surface area (Å²) >= 11 is -0.489. The van der Waals surface area contributed by atoms with Crippen molar-refractivity contribution in [1.82, 2.24) is 0 Å². The molecule has 0 saturated heterocycles. The van der Waals surface area contributed by atoms with Gasteiger partial charge in [-0.15, -0.1) is 0 Å². The molecule has 0 aliphatic heterocycles. The minimum absolute atomic E-state index is 0.0616. The Bertz CT molecular complexity index is 477. The molecule has 1 aromatic rings. The number of benzene rings is 1. The molecule has 0 heterocycles. The van der Waals surface area contributed by atoms with Gasteiger partial charge in [0.25, 0.3) is 0 Å². The van der Waals surface area contributed by atoms with Crippen molar-refractivity contribution in [2.75, 3.05) is 13.2 Å². The molecule has 0 N–H and O–H groups in total. The van der Waals surface area contributed by atoms with Crippen LogP contribution in [0.15, 0.2) is 36.4 Å². The second-order valence-corrected chi connectivity index (χ2v) is 10.5. The summed E-state index contributed by atoms with van der Waals surface area (Å²) in [5.74, 6) is -0.0616. The maximum atomic E-state index is 12.2. The average molecular weight is 361 g/mol. The van der Waals surface area contributed by atoms with Crippen molar-refractivity contribution in [2.45, 2.75) is 19.2 Å². The molecule has 0 aliphatic carbocycles. The first-order valence-corrected chi connectivity index (χ1v) is 11.4. The summed E-state index contributed by atoms with van der Waals surface area (Å²) in [5.41, 5.74) is 0.964. The van der Waals surface area contributed by atoms with Crippen LogP contribution < -0.4 is 0 Å². The standard InChI is InChI=1S/C14H19O4PSe/c1-3-17-19(16,18-4-2)20-12-14(15)11-10-13-8-6-5-7-9-13/h5-11H,3-4,12H2,1-2H3/b11-10+. The van der Waals surface area contributed by atoms with E-state index in [9.17, 15) is 9.36 Å². The van der Waals surface area contributed by atoms with Gasteiger partial charge in [-0.05, 0) is 0 Å². The Kier molecular flexibility index (Phi) is 8.05. The van der Waals surface area contributed by atoms with Crippen molar-refractivity contribution in [2.24, 2.45) is 0 Å². The van der Waals surface area contributed by atoms with Crippen molar-refractivity contribution in [3.05, 3.63) is 42.0 Å². The van der Waals surface area contributed by atoms with E-state index in [1.54, 1.807) is 19.9 Å². The van der Waals surface area contributed by atoms with Crippen LogP contribution in [0.5, 0.6) is 0 Å². The van der Waals surface area contributed by atoms with E-state index in [-0.39, 0.29) is 11.1 Å². The Hall–Kier alpha value is -0.701. The van der Waals surface area contributed by atoms with Gasteiger partial charge in [0.2, 0.25) is 0 Å². The molecule has 0 saturated carbocycles. The molecule has 0 fully saturated rings. The van der Waals surface area contributed by atoms with Gasteiger partial charge >= 0.3 is 125 Å². The number of hydrogen-bond donors (Lipinski definition) is 0. The Morgan fingerprint density at radius 1 is 1.20 bits per heavy atom. The van der Waals surface area contributed by atoms with Crippen molar-refractivity contribution < 1.29 is 18.4 Å². The Labute approximate surface area is 125 Å². The molecule has 20 heavy (non-hydrogen) atoms. The fourth-order valence-electron chi connectivity index (χ4n) is 1.37. The summed E-state index contributed by atoms with van der Waals surface area (Å²) in [7, 11) is 0. The van der Waals surface area contributed by atoms with E-state index < -0.39 is 20.8 Å². The zero-order chi connectivity index (χ0) is 14.8. The fourth-order valence-corrected chi connectivity index (χ4v) is 6.78. The van der Waals surface area contributed by atoms with Gasteiger partial charge in [-0.3, -0.25) is 0 Å². The van der Waals surface area contributed by atoms with E-state index in [1.807, 2.05) is 30.3 Å². The van der Waals surface area contributed by atoms with E-state index in [1.165, 1.54) is 6.08 Å². The molecule has 1 rings (SSSR count). The molecule has 0 unspecified atom stereocenters. The SMILES string of the molecule is CCOP(=O)(OCC)[Se]CC(=O)/C=C/c1ccccc1. The number of rotatable bonds is 9. The second-order valence-electron chi connectivity index (χ2n) is 3.77. The average Bonchev–Trinajstić information content (AvgIpc) is 2.45. The third-order valence-electron chi connectivity index (χ3n) is 2.20. The number of allylic oxidation sites excluding steroid dienone is 1. The quantitative estimate of drug-likeness (QED) is 0.383. The van der Waals surface area contributed by atoms with Crippen LogP contribution >= 0.6 is 6.29 Å². The molecule has 0 atom stereocenters. The monoisotopic (exact) mass is 362 g/mol. The molecule has 0 spiro atoms. The van der Waals surface area contributed by atoms with Gasteiger partial charge in [0.15, 0.2) is 0 Å². The first kappa shape index (κ1) is 17.4. The third kappa shape index (κ3) is 6.64. The van der Waals surface area contributed by atoms with Gasteiger partial charge in [-0.1, -0.05) is 0 Å². The van der Waals surface area contributed by atoms with Crippen LogP contribution in [-0.4, -0.2) is 33.5 Å². The molecule has 0 bridgehead atoms. The topological polar surface area (TPSA) is 52.6 Å². The molecule has 0 aliphatic rings. The summed E-state index contributed by atoms with van der Waals surface area (Å²) in [5, 5.41) is 0.216. The van der Waals surface area contributed by atoms with Crippen LogP contribution in [0.3, 0.4) is 0 Å². The summed E-state index contributed by atoms with van der Waals surface area (Å²) in [6.07, 6.45) is 0.207. The van der Waals surface area contributed by atoms with Crippen LogP contribution in [0.4, 0.5) is 0 Å². The number of carbonyl (C=O) groups excluding carboxylic acids is 1. The molecule has 110 valence electrons. The Balaban J connectivity index is 2.50. The second kappa shape index (κ2) is 9.27. The van der Waals surface area contributed by atoms with Gasteiger partial charge in [0.05, 0.1) is 0 Å². The van der Waals surface area contributed by atoms with Crippen LogP contribution in [0.25, 0.3) is 6.08 Å². The van der Waals surface area contributed by atoms with Gasteiger partial charge in [0, 0.05) is 0 Å². The molecule has 0 radical (unpaired) electrons. The first-order valence-electron chi connectivity index (χ1n) is 6.39. The van der Waals surface area contributed by atoms with Crippen molar-refractivity contribution in [3.63, 3.8) is 0 Å². The van der Waals surface area contributed by atoms with E-state index in [4.69, 9.17) is 9.05 Å². The van der Waals surface area contributed by atoms with Gasteiger partial charge in [0.1, 0.15) is 0 Å². The van der Waals surface area contributed by atoms with Crippen LogP contribution in [0.1, 0.15) is 19.4 Å². The molecule has 6 heteroatoms. The summed E-state index contributed by atoms with van der Waals surface area (Å²) in [4.78, 5) is 11.8. The number of hydrogen-bond acceptors (Lipinski definition) is 4. The van der Waals surface area contributed by atoms with Crippen LogP contribution in [-0.2, 0) is 18.4 Å². The molecular formula is C14H19O4PSe. The predicted octanol–water partition coefficient (Wildman–Crippen LogP) is 3.57. The van der Waals surface area contributed by atoms with Gasteiger partial charge in [-0.2, -0.15) is 0 Å². The van der Waals surface area contributed by atoms with E-state index >= 15 is 0 Å².